The van der Waals surface area contributed by atoms with Crippen molar-refractivity contribution in [1.29, 1.82) is 0 Å². The van der Waals surface area contributed by atoms with Gasteiger partial charge in [0.1, 0.15) is 5.69 Å². The molecular weight excluding hydrogens is 468 g/mol. The van der Waals surface area contributed by atoms with Crippen LogP contribution in [0, 0.1) is 0 Å². The lowest BCUT2D eigenvalue weighted by Gasteiger charge is -2.22. The Morgan fingerprint density at radius 3 is 2.82 bits per heavy atom. The zero-order chi connectivity index (χ0) is 24.7. The number of likely N-dealkylation sites (N-methyl/N-ethyl adjacent to an activating group) is 2. The first-order chi connectivity index (χ1) is 16.5. The summed E-state index contributed by atoms with van der Waals surface area (Å²) in [6.07, 6.45) is 5.30. The third-order valence-corrected chi connectivity index (χ3v) is 6.82. The SMILES string of the molecule is CC.CNCCN(C)c1ccncc1NC(=O)c1csc(N2Cc3ccc(SC)cc3C2=O)n1. The van der Waals surface area contributed by atoms with E-state index in [9.17, 15) is 9.59 Å². The van der Waals surface area contributed by atoms with Gasteiger partial charge in [-0.2, -0.15) is 0 Å². The highest BCUT2D eigenvalue weighted by Crippen LogP contribution is 2.33. The van der Waals surface area contributed by atoms with Crippen LogP contribution in [0.3, 0.4) is 0 Å². The molecule has 1 aromatic carbocycles. The molecule has 2 amide bonds. The first-order valence-electron chi connectivity index (χ1n) is 11.1. The molecule has 0 bridgehead atoms. The highest BCUT2D eigenvalue weighted by molar-refractivity contribution is 7.98. The maximum Gasteiger partial charge on any atom is 0.275 e. The Bertz CT molecular complexity index is 1150. The third kappa shape index (κ3) is 5.57. The van der Waals surface area contributed by atoms with Gasteiger partial charge in [-0.25, -0.2) is 4.98 Å². The van der Waals surface area contributed by atoms with Crippen LogP contribution in [0.25, 0.3) is 0 Å². The maximum absolute atomic E-state index is 12.9. The summed E-state index contributed by atoms with van der Waals surface area (Å²) in [7, 11) is 3.86. The van der Waals surface area contributed by atoms with E-state index in [4.69, 9.17) is 0 Å². The summed E-state index contributed by atoms with van der Waals surface area (Å²) < 4.78 is 0. The first kappa shape index (κ1) is 25.7. The van der Waals surface area contributed by atoms with E-state index in [0.717, 1.165) is 29.2 Å². The molecule has 0 saturated heterocycles. The highest BCUT2D eigenvalue weighted by Gasteiger charge is 2.31. The van der Waals surface area contributed by atoms with Crippen molar-refractivity contribution in [2.45, 2.75) is 25.3 Å². The van der Waals surface area contributed by atoms with E-state index in [-0.39, 0.29) is 17.5 Å². The van der Waals surface area contributed by atoms with Crippen LogP contribution in [0.2, 0.25) is 0 Å². The van der Waals surface area contributed by atoms with Gasteiger partial charge >= 0.3 is 0 Å². The summed E-state index contributed by atoms with van der Waals surface area (Å²) in [5.74, 6) is -0.421. The second-order valence-corrected chi connectivity index (χ2v) is 9.02. The van der Waals surface area contributed by atoms with Crippen molar-refractivity contribution >= 4 is 51.4 Å². The number of nitrogens with one attached hydrogen (secondary N) is 2. The molecule has 3 heterocycles. The number of anilines is 3. The standard InChI is InChI=1S/C22H24N6O2S2.C2H6/c1-23-8-9-27(2)19-6-7-24-11-17(19)25-20(29)18-13-32-22(26-18)28-12-14-4-5-15(31-3)10-16(14)21(28)30;1-2/h4-7,10-11,13,23H,8-9,12H2,1-3H3,(H,25,29);1-2H3. The van der Waals surface area contributed by atoms with Gasteiger partial charge in [-0.15, -0.1) is 23.1 Å². The monoisotopic (exact) mass is 498 g/mol. The molecule has 0 radical (unpaired) electrons. The molecule has 0 aliphatic carbocycles. The Balaban J connectivity index is 0.00000158. The minimum atomic E-state index is -0.336. The minimum absolute atomic E-state index is 0.0853. The van der Waals surface area contributed by atoms with Crippen molar-refractivity contribution < 1.29 is 9.59 Å². The van der Waals surface area contributed by atoms with Crippen molar-refractivity contribution in [1.82, 2.24) is 15.3 Å². The van der Waals surface area contributed by atoms with Gasteiger partial charge in [-0.3, -0.25) is 19.5 Å². The number of nitrogens with zero attached hydrogens (tertiary/aromatic N) is 4. The number of fused-ring (bicyclic) bond motifs is 1. The average molecular weight is 499 g/mol. The number of amides is 2. The predicted molar refractivity (Wildman–Crippen MR) is 142 cm³/mol. The van der Waals surface area contributed by atoms with Crippen LogP contribution in [0.4, 0.5) is 16.5 Å². The Kier molecular flexibility index (Phi) is 9.03. The molecule has 3 aromatic rings. The number of hydrogen-bond acceptors (Lipinski definition) is 8. The van der Waals surface area contributed by atoms with Gasteiger partial charge in [0.15, 0.2) is 5.13 Å². The lowest BCUT2D eigenvalue weighted by atomic mass is 10.1. The molecule has 2 N–H and O–H groups in total. The fourth-order valence-electron chi connectivity index (χ4n) is 3.46. The minimum Gasteiger partial charge on any atom is -0.372 e. The van der Waals surface area contributed by atoms with Gasteiger partial charge in [0.2, 0.25) is 0 Å². The Morgan fingerprint density at radius 1 is 1.29 bits per heavy atom. The molecule has 2 aromatic heterocycles. The molecule has 10 heteroatoms. The van der Waals surface area contributed by atoms with Gasteiger partial charge in [0.05, 0.1) is 24.1 Å². The molecule has 0 saturated carbocycles. The van der Waals surface area contributed by atoms with Crippen molar-refractivity contribution in [3.05, 3.63) is 58.9 Å². The molecular formula is C24H30N6O2S2. The number of carbonyl (C=O) groups is 2. The fraction of sp³-hybridized carbons (Fsp3) is 0.333. The molecule has 0 atom stereocenters. The number of hydrogen-bond donors (Lipinski definition) is 2. The van der Waals surface area contributed by atoms with Crippen molar-refractivity contribution in [2.75, 3.05) is 48.6 Å². The number of pyridine rings is 1. The molecule has 180 valence electrons. The molecule has 4 rings (SSSR count). The Hall–Kier alpha value is -2.95. The van der Waals surface area contributed by atoms with Gasteiger partial charge in [-0.1, -0.05) is 19.9 Å². The van der Waals surface area contributed by atoms with E-state index >= 15 is 0 Å². The average Bonchev–Trinajstić information content (AvgIpc) is 3.49. The maximum atomic E-state index is 12.9. The quantitative estimate of drug-likeness (QED) is 0.446. The van der Waals surface area contributed by atoms with Crippen LogP contribution in [0.15, 0.2) is 46.9 Å². The number of aromatic nitrogens is 2. The molecule has 34 heavy (non-hydrogen) atoms. The first-order valence-corrected chi connectivity index (χ1v) is 13.2. The second-order valence-electron chi connectivity index (χ2n) is 7.30. The van der Waals surface area contributed by atoms with Gasteiger partial charge in [-0.05, 0) is 37.1 Å². The smallest absolute Gasteiger partial charge is 0.275 e. The van der Waals surface area contributed by atoms with E-state index in [1.807, 2.05) is 63.4 Å². The fourth-order valence-corrected chi connectivity index (χ4v) is 4.70. The molecule has 0 unspecified atom stereocenters. The molecule has 0 fully saturated rings. The summed E-state index contributed by atoms with van der Waals surface area (Å²) >= 11 is 2.89. The second kappa shape index (κ2) is 12.0. The summed E-state index contributed by atoms with van der Waals surface area (Å²) in [5, 5.41) is 8.21. The van der Waals surface area contributed by atoms with Crippen molar-refractivity contribution in [3.8, 4) is 0 Å². The third-order valence-electron chi connectivity index (χ3n) is 5.23. The predicted octanol–water partition coefficient (Wildman–Crippen LogP) is 4.35. The van der Waals surface area contributed by atoms with Crippen LogP contribution in [0.1, 0.15) is 40.3 Å². The number of rotatable bonds is 8. The molecule has 8 nitrogen and oxygen atoms in total. The number of thioether (sulfide) groups is 1. The zero-order valence-electron chi connectivity index (χ0n) is 20.1. The summed E-state index contributed by atoms with van der Waals surface area (Å²) in [5.41, 5.74) is 3.42. The van der Waals surface area contributed by atoms with Crippen LogP contribution in [-0.4, -0.2) is 55.2 Å². The topological polar surface area (TPSA) is 90.5 Å². The normalized spacial score (nSPS) is 12.1. The molecule has 1 aliphatic heterocycles. The molecule has 1 aliphatic rings. The van der Waals surface area contributed by atoms with Crippen LogP contribution in [0.5, 0.6) is 0 Å². The summed E-state index contributed by atoms with van der Waals surface area (Å²) in [6.45, 7) is 6.05. The Labute approximate surface area is 208 Å². The summed E-state index contributed by atoms with van der Waals surface area (Å²) in [4.78, 5) is 39.1. The highest BCUT2D eigenvalue weighted by atomic mass is 32.2. The number of benzene rings is 1. The van der Waals surface area contributed by atoms with Gasteiger partial charge in [0.25, 0.3) is 11.8 Å². The molecule has 0 spiro atoms. The Morgan fingerprint density at radius 2 is 2.09 bits per heavy atom. The van der Waals surface area contributed by atoms with Gasteiger partial charge < -0.3 is 15.5 Å². The van der Waals surface area contributed by atoms with Gasteiger partial charge in [0, 0.05) is 42.2 Å². The van der Waals surface area contributed by atoms with E-state index in [2.05, 4.69) is 20.6 Å². The van der Waals surface area contributed by atoms with E-state index in [1.165, 1.54) is 11.3 Å². The van der Waals surface area contributed by atoms with E-state index in [0.29, 0.717) is 22.9 Å². The largest absolute Gasteiger partial charge is 0.372 e. The van der Waals surface area contributed by atoms with Crippen molar-refractivity contribution in [3.63, 3.8) is 0 Å². The lowest BCUT2D eigenvalue weighted by molar-refractivity contribution is 0.0991. The van der Waals surface area contributed by atoms with Crippen LogP contribution < -0.4 is 20.4 Å². The van der Waals surface area contributed by atoms with E-state index < -0.39 is 0 Å². The zero-order valence-corrected chi connectivity index (χ0v) is 21.7. The van der Waals surface area contributed by atoms with Crippen LogP contribution >= 0.6 is 23.1 Å². The van der Waals surface area contributed by atoms with E-state index in [1.54, 1.807) is 34.4 Å². The number of carbonyl (C=O) groups excluding carboxylic acids is 2. The number of thiazole rings is 1. The van der Waals surface area contributed by atoms with Crippen LogP contribution in [-0.2, 0) is 6.54 Å². The van der Waals surface area contributed by atoms with Crippen molar-refractivity contribution in [2.24, 2.45) is 0 Å². The lowest BCUT2D eigenvalue weighted by Crippen LogP contribution is -2.28. The summed E-state index contributed by atoms with van der Waals surface area (Å²) in [6, 6.07) is 7.77.